The number of hydrogen-bond donors (Lipinski definition) is 1. The molecule has 0 unspecified atom stereocenters. The van der Waals surface area contributed by atoms with Crippen LogP contribution in [0, 0.1) is 0 Å². The van der Waals surface area contributed by atoms with Crippen LogP contribution in [0.2, 0.25) is 10.0 Å². The Kier molecular flexibility index (Phi) is 3.46. The van der Waals surface area contributed by atoms with E-state index in [1.165, 1.54) is 0 Å². The number of benzene rings is 2. The molecule has 1 heterocycles. The molecule has 2 aromatic carbocycles. The molecule has 3 rings (SSSR count). The van der Waals surface area contributed by atoms with Crippen LogP contribution >= 0.6 is 23.2 Å². The van der Waals surface area contributed by atoms with Crippen LogP contribution in [0.3, 0.4) is 0 Å². The SMILES string of the molecule is C[C@@]1(c2ccc(Cl)cc2)N=CN[C@]1(C)c1ccc(Cl)cc1. The predicted molar refractivity (Wildman–Crippen MR) is 89.2 cm³/mol. The van der Waals surface area contributed by atoms with Crippen molar-refractivity contribution in [3.05, 3.63) is 69.7 Å². The van der Waals surface area contributed by atoms with E-state index in [9.17, 15) is 0 Å². The fraction of sp³-hybridized carbons (Fsp3) is 0.235. The van der Waals surface area contributed by atoms with Gasteiger partial charge in [0, 0.05) is 10.0 Å². The molecule has 1 aliphatic rings. The van der Waals surface area contributed by atoms with Crippen LogP contribution in [-0.2, 0) is 11.1 Å². The molecule has 21 heavy (non-hydrogen) atoms. The van der Waals surface area contributed by atoms with Crippen molar-refractivity contribution in [2.24, 2.45) is 4.99 Å². The van der Waals surface area contributed by atoms with Gasteiger partial charge in [0.2, 0.25) is 0 Å². The van der Waals surface area contributed by atoms with Crippen LogP contribution in [0.1, 0.15) is 25.0 Å². The monoisotopic (exact) mass is 318 g/mol. The quantitative estimate of drug-likeness (QED) is 0.848. The van der Waals surface area contributed by atoms with Crippen molar-refractivity contribution < 1.29 is 0 Å². The van der Waals surface area contributed by atoms with Crippen molar-refractivity contribution >= 4 is 29.5 Å². The summed E-state index contributed by atoms with van der Waals surface area (Å²) >= 11 is 12.0. The lowest BCUT2D eigenvalue weighted by Crippen LogP contribution is -2.48. The average Bonchev–Trinajstić information content (AvgIpc) is 2.78. The third-order valence-corrected chi connectivity index (χ3v) is 4.98. The highest BCUT2D eigenvalue weighted by Gasteiger charge is 2.49. The van der Waals surface area contributed by atoms with Gasteiger partial charge in [0.1, 0.15) is 5.54 Å². The van der Waals surface area contributed by atoms with Gasteiger partial charge in [-0.3, -0.25) is 4.99 Å². The molecule has 0 aliphatic carbocycles. The molecule has 2 aromatic rings. The molecule has 0 radical (unpaired) electrons. The summed E-state index contributed by atoms with van der Waals surface area (Å²) < 4.78 is 0. The van der Waals surface area contributed by atoms with Gasteiger partial charge in [0.25, 0.3) is 0 Å². The second kappa shape index (κ2) is 5.04. The number of nitrogens with one attached hydrogen (secondary N) is 1. The molecule has 2 atom stereocenters. The lowest BCUT2D eigenvalue weighted by molar-refractivity contribution is 0.269. The van der Waals surface area contributed by atoms with Crippen LogP contribution < -0.4 is 5.32 Å². The van der Waals surface area contributed by atoms with Gasteiger partial charge in [-0.1, -0.05) is 47.5 Å². The molecular formula is C17H16Cl2N2. The van der Waals surface area contributed by atoms with E-state index in [2.05, 4.69) is 19.2 Å². The summed E-state index contributed by atoms with van der Waals surface area (Å²) in [5, 5.41) is 4.86. The highest BCUT2D eigenvalue weighted by molar-refractivity contribution is 6.30. The fourth-order valence-corrected chi connectivity index (χ4v) is 3.10. The minimum atomic E-state index is -0.411. The van der Waals surface area contributed by atoms with E-state index >= 15 is 0 Å². The molecule has 1 aliphatic heterocycles. The highest BCUT2D eigenvalue weighted by atomic mass is 35.5. The molecule has 4 heteroatoms. The standard InChI is InChI=1S/C17H16Cl2N2/c1-16(12-3-7-14(18)8-4-12)17(2,21-11-20-16)13-5-9-15(19)10-6-13/h3-11H,1-2H3,(H,20,21)/t16-,17+. The molecular weight excluding hydrogens is 303 g/mol. The normalized spacial score (nSPS) is 27.6. The molecule has 0 fully saturated rings. The zero-order valence-corrected chi connectivity index (χ0v) is 13.4. The Morgan fingerprint density at radius 1 is 0.810 bits per heavy atom. The Morgan fingerprint density at radius 3 is 1.81 bits per heavy atom. The number of halogens is 2. The molecule has 108 valence electrons. The van der Waals surface area contributed by atoms with Gasteiger partial charge in [-0.05, 0) is 49.2 Å². The fourth-order valence-electron chi connectivity index (χ4n) is 2.85. The molecule has 0 saturated heterocycles. The van der Waals surface area contributed by atoms with E-state index < -0.39 is 5.54 Å². The van der Waals surface area contributed by atoms with Crippen molar-refractivity contribution in [2.45, 2.75) is 24.9 Å². The van der Waals surface area contributed by atoms with Gasteiger partial charge in [-0.15, -0.1) is 0 Å². The number of hydrogen-bond acceptors (Lipinski definition) is 2. The van der Waals surface area contributed by atoms with Gasteiger partial charge in [0.15, 0.2) is 0 Å². The summed E-state index contributed by atoms with van der Waals surface area (Å²) in [7, 11) is 0. The molecule has 0 amide bonds. The minimum Gasteiger partial charge on any atom is -0.364 e. The van der Waals surface area contributed by atoms with Crippen LogP contribution in [0.15, 0.2) is 53.5 Å². The van der Waals surface area contributed by atoms with Crippen molar-refractivity contribution in [3.63, 3.8) is 0 Å². The summed E-state index contributed by atoms with van der Waals surface area (Å²) in [6.45, 7) is 4.28. The lowest BCUT2D eigenvalue weighted by Gasteiger charge is -2.40. The van der Waals surface area contributed by atoms with Crippen molar-refractivity contribution in [1.29, 1.82) is 0 Å². The molecule has 1 N–H and O–H groups in total. The summed E-state index contributed by atoms with van der Waals surface area (Å²) in [5.41, 5.74) is 1.50. The first kappa shape index (κ1) is 14.4. The summed E-state index contributed by atoms with van der Waals surface area (Å²) in [6, 6.07) is 15.8. The van der Waals surface area contributed by atoms with Crippen LogP contribution in [0.5, 0.6) is 0 Å². The smallest absolute Gasteiger partial charge is 0.111 e. The van der Waals surface area contributed by atoms with Gasteiger partial charge < -0.3 is 5.32 Å². The highest BCUT2D eigenvalue weighted by Crippen LogP contribution is 2.45. The van der Waals surface area contributed by atoms with E-state index in [1.807, 2.05) is 48.5 Å². The van der Waals surface area contributed by atoms with Gasteiger partial charge in [0.05, 0.1) is 11.9 Å². The average molecular weight is 319 g/mol. The summed E-state index contributed by atoms with van der Waals surface area (Å²) in [6.07, 6.45) is 1.78. The molecule has 0 bridgehead atoms. The van der Waals surface area contributed by atoms with E-state index in [0.29, 0.717) is 0 Å². The van der Waals surface area contributed by atoms with Crippen molar-refractivity contribution in [1.82, 2.24) is 5.32 Å². The number of nitrogens with zero attached hydrogens (tertiary/aromatic N) is 1. The van der Waals surface area contributed by atoms with Crippen LogP contribution in [-0.4, -0.2) is 6.34 Å². The Balaban J connectivity index is 2.10. The van der Waals surface area contributed by atoms with Crippen LogP contribution in [0.25, 0.3) is 0 Å². The maximum atomic E-state index is 6.00. The lowest BCUT2D eigenvalue weighted by atomic mass is 9.72. The zero-order chi connectivity index (χ0) is 15.1. The van der Waals surface area contributed by atoms with Gasteiger partial charge >= 0.3 is 0 Å². The summed E-state index contributed by atoms with van der Waals surface area (Å²) in [5.74, 6) is 0. The third-order valence-electron chi connectivity index (χ3n) is 4.48. The molecule has 2 nitrogen and oxygen atoms in total. The first-order chi connectivity index (χ1) is 9.96. The Labute approximate surface area is 134 Å². The maximum absolute atomic E-state index is 6.00. The molecule has 0 spiro atoms. The largest absolute Gasteiger partial charge is 0.364 e. The van der Waals surface area contributed by atoms with E-state index in [4.69, 9.17) is 28.2 Å². The van der Waals surface area contributed by atoms with Gasteiger partial charge in [-0.2, -0.15) is 0 Å². The Bertz CT molecular complexity index is 679. The number of aliphatic imine (C=N–C) groups is 1. The van der Waals surface area contributed by atoms with Gasteiger partial charge in [-0.25, -0.2) is 0 Å². The van der Waals surface area contributed by atoms with Crippen molar-refractivity contribution in [3.8, 4) is 0 Å². The Hall–Kier alpha value is -1.51. The van der Waals surface area contributed by atoms with E-state index in [1.54, 1.807) is 6.34 Å². The molecule has 0 saturated carbocycles. The molecule has 0 aromatic heterocycles. The first-order valence-corrected chi connectivity index (χ1v) is 7.55. The number of rotatable bonds is 2. The van der Waals surface area contributed by atoms with Crippen LogP contribution in [0.4, 0.5) is 0 Å². The Morgan fingerprint density at radius 2 is 1.29 bits per heavy atom. The second-order valence-corrected chi connectivity index (χ2v) is 6.49. The zero-order valence-electron chi connectivity index (χ0n) is 11.9. The second-order valence-electron chi connectivity index (χ2n) is 5.61. The minimum absolute atomic E-state index is 0.342. The maximum Gasteiger partial charge on any atom is 0.111 e. The first-order valence-electron chi connectivity index (χ1n) is 6.79. The topological polar surface area (TPSA) is 24.4 Å². The predicted octanol–water partition coefficient (Wildman–Crippen LogP) is 4.76. The van der Waals surface area contributed by atoms with E-state index in [0.717, 1.165) is 21.2 Å². The summed E-state index contributed by atoms with van der Waals surface area (Å²) in [4.78, 5) is 4.71. The van der Waals surface area contributed by atoms with E-state index in [-0.39, 0.29) is 5.54 Å². The van der Waals surface area contributed by atoms with Crippen molar-refractivity contribution in [2.75, 3.05) is 0 Å². The third kappa shape index (κ3) is 2.23.